The van der Waals surface area contributed by atoms with Crippen LogP contribution in [0.1, 0.15) is 31.2 Å². The van der Waals surface area contributed by atoms with Gasteiger partial charge in [0.1, 0.15) is 0 Å². The standard InChI is InChI=1S/C14H22N2O2S/c15-10-14(13-8-4-5-9-13)16-19(17,18)11-12-6-2-1-3-7-12/h1-3,6-7,13-14,16H,4-5,8-11,15H2. The van der Waals surface area contributed by atoms with Gasteiger partial charge in [0.05, 0.1) is 5.75 Å². The molecule has 5 heteroatoms. The Morgan fingerprint density at radius 3 is 2.42 bits per heavy atom. The molecule has 106 valence electrons. The van der Waals surface area contributed by atoms with Crippen molar-refractivity contribution >= 4 is 10.0 Å². The second-order valence-electron chi connectivity index (χ2n) is 5.25. The third kappa shape index (κ3) is 4.30. The van der Waals surface area contributed by atoms with E-state index < -0.39 is 10.0 Å². The number of nitrogens with two attached hydrogens (primary N) is 1. The summed E-state index contributed by atoms with van der Waals surface area (Å²) in [5.41, 5.74) is 6.53. The molecule has 0 saturated heterocycles. The van der Waals surface area contributed by atoms with Crippen LogP contribution in [0.5, 0.6) is 0 Å². The highest BCUT2D eigenvalue weighted by molar-refractivity contribution is 7.88. The zero-order valence-corrected chi connectivity index (χ0v) is 11.9. The molecule has 1 atom stereocenters. The van der Waals surface area contributed by atoms with Crippen molar-refractivity contribution < 1.29 is 8.42 Å². The van der Waals surface area contributed by atoms with Gasteiger partial charge in [0.2, 0.25) is 10.0 Å². The highest BCUT2D eigenvalue weighted by atomic mass is 32.2. The summed E-state index contributed by atoms with van der Waals surface area (Å²) in [5, 5.41) is 0. The molecular formula is C14H22N2O2S. The molecule has 0 aromatic heterocycles. The summed E-state index contributed by atoms with van der Waals surface area (Å²) in [5.74, 6) is 0.424. The van der Waals surface area contributed by atoms with E-state index in [9.17, 15) is 8.42 Å². The van der Waals surface area contributed by atoms with Gasteiger partial charge in [0.25, 0.3) is 0 Å². The van der Waals surface area contributed by atoms with Gasteiger partial charge in [-0.15, -0.1) is 0 Å². The van der Waals surface area contributed by atoms with Crippen molar-refractivity contribution in [1.82, 2.24) is 4.72 Å². The predicted molar refractivity (Wildman–Crippen MR) is 77.0 cm³/mol. The maximum atomic E-state index is 12.2. The Morgan fingerprint density at radius 1 is 1.21 bits per heavy atom. The number of hydrogen-bond donors (Lipinski definition) is 2. The average molecular weight is 282 g/mol. The summed E-state index contributed by atoms with van der Waals surface area (Å²) in [6.07, 6.45) is 4.52. The van der Waals surface area contributed by atoms with Gasteiger partial charge in [0, 0.05) is 12.6 Å². The van der Waals surface area contributed by atoms with Crippen molar-refractivity contribution in [3.05, 3.63) is 35.9 Å². The monoisotopic (exact) mass is 282 g/mol. The molecule has 3 N–H and O–H groups in total. The SMILES string of the molecule is NCC(NS(=O)(=O)Cc1ccccc1)C1CCCC1. The van der Waals surface area contributed by atoms with Crippen LogP contribution in [0.3, 0.4) is 0 Å². The first kappa shape index (κ1) is 14.5. The lowest BCUT2D eigenvalue weighted by Gasteiger charge is -2.23. The van der Waals surface area contributed by atoms with E-state index in [1.165, 1.54) is 12.8 Å². The maximum Gasteiger partial charge on any atom is 0.216 e. The van der Waals surface area contributed by atoms with Gasteiger partial charge in [-0.25, -0.2) is 13.1 Å². The first-order valence-corrected chi connectivity index (χ1v) is 8.50. The Kier molecular flexibility index (Phi) is 4.96. The summed E-state index contributed by atoms with van der Waals surface area (Å²) >= 11 is 0. The molecule has 1 aliphatic rings. The topological polar surface area (TPSA) is 72.2 Å². The van der Waals surface area contributed by atoms with Crippen LogP contribution < -0.4 is 10.5 Å². The lowest BCUT2D eigenvalue weighted by molar-refractivity contribution is 0.405. The van der Waals surface area contributed by atoms with E-state index in [1.54, 1.807) is 0 Å². The summed E-state index contributed by atoms with van der Waals surface area (Å²) in [6.45, 7) is 0.374. The largest absolute Gasteiger partial charge is 0.329 e. The minimum absolute atomic E-state index is 0.0249. The van der Waals surface area contributed by atoms with Crippen molar-refractivity contribution in [2.75, 3.05) is 6.54 Å². The van der Waals surface area contributed by atoms with Crippen LogP contribution in [0.2, 0.25) is 0 Å². The number of sulfonamides is 1. The number of rotatable bonds is 6. The van der Waals surface area contributed by atoms with Crippen molar-refractivity contribution in [2.24, 2.45) is 11.7 Å². The quantitative estimate of drug-likeness (QED) is 0.833. The molecule has 0 heterocycles. The van der Waals surface area contributed by atoms with Gasteiger partial charge in [0.15, 0.2) is 0 Å². The Bertz CT molecular complexity index is 481. The molecule has 0 amide bonds. The van der Waals surface area contributed by atoms with E-state index in [1.807, 2.05) is 30.3 Å². The van der Waals surface area contributed by atoms with E-state index in [-0.39, 0.29) is 11.8 Å². The van der Waals surface area contributed by atoms with Crippen LogP contribution in [0, 0.1) is 5.92 Å². The fourth-order valence-corrected chi connectivity index (χ4v) is 4.23. The Labute approximate surface area is 115 Å². The molecule has 1 aliphatic carbocycles. The predicted octanol–water partition coefficient (Wildman–Crippen LogP) is 1.62. The molecule has 19 heavy (non-hydrogen) atoms. The molecule has 1 unspecified atom stereocenters. The van der Waals surface area contributed by atoms with E-state index in [2.05, 4.69) is 4.72 Å². The fraction of sp³-hybridized carbons (Fsp3) is 0.571. The van der Waals surface area contributed by atoms with Crippen molar-refractivity contribution in [1.29, 1.82) is 0 Å². The molecule has 2 rings (SSSR count). The second-order valence-corrected chi connectivity index (χ2v) is 7.00. The van der Waals surface area contributed by atoms with Crippen molar-refractivity contribution in [3.8, 4) is 0 Å². The van der Waals surface area contributed by atoms with Gasteiger partial charge >= 0.3 is 0 Å². The van der Waals surface area contributed by atoms with Gasteiger partial charge < -0.3 is 5.73 Å². The zero-order valence-electron chi connectivity index (χ0n) is 11.1. The van der Waals surface area contributed by atoms with Gasteiger partial charge in [-0.2, -0.15) is 0 Å². The second kappa shape index (κ2) is 6.50. The molecule has 1 aromatic rings. The summed E-state index contributed by atoms with van der Waals surface area (Å²) < 4.78 is 27.1. The minimum Gasteiger partial charge on any atom is -0.329 e. The number of hydrogen-bond acceptors (Lipinski definition) is 3. The molecule has 1 aromatic carbocycles. The van der Waals surface area contributed by atoms with Gasteiger partial charge in [-0.05, 0) is 24.3 Å². The Hall–Kier alpha value is -0.910. The van der Waals surface area contributed by atoms with E-state index in [0.29, 0.717) is 12.5 Å². The lowest BCUT2D eigenvalue weighted by atomic mass is 9.99. The molecule has 0 aliphatic heterocycles. The summed E-state index contributed by atoms with van der Waals surface area (Å²) in [4.78, 5) is 0. The van der Waals surface area contributed by atoms with Crippen LogP contribution in [0.15, 0.2) is 30.3 Å². The minimum atomic E-state index is -3.31. The van der Waals surface area contributed by atoms with Crippen LogP contribution in [-0.2, 0) is 15.8 Å². The normalized spacial score (nSPS) is 18.6. The third-order valence-electron chi connectivity index (χ3n) is 3.75. The van der Waals surface area contributed by atoms with Crippen LogP contribution >= 0.6 is 0 Å². The van der Waals surface area contributed by atoms with E-state index >= 15 is 0 Å². The van der Waals surface area contributed by atoms with E-state index in [4.69, 9.17) is 5.73 Å². The first-order chi connectivity index (χ1) is 9.11. The van der Waals surface area contributed by atoms with Crippen LogP contribution in [0.25, 0.3) is 0 Å². The highest BCUT2D eigenvalue weighted by Gasteiger charge is 2.27. The first-order valence-electron chi connectivity index (χ1n) is 6.85. The van der Waals surface area contributed by atoms with Crippen LogP contribution in [-0.4, -0.2) is 21.0 Å². The highest BCUT2D eigenvalue weighted by Crippen LogP contribution is 2.27. The average Bonchev–Trinajstić information content (AvgIpc) is 2.90. The number of nitrogens with one attached hydrogen (secondary N) is 1. The van der Waals surface area contributed by atoms with Crippen LogP contribution in [0.4, 0.5) is 0 Å². The molecule has 0 radical (unpaired) electrons. The van der Waals surface area contributed by atoms with Gasteiger partial charge in [-0.1, -0.05) is 43.2 Å². The molecule has 0 spiro atoms. The third-order valence-corrected chi connectivity index (χ3v) is 5.13. The molecular weight excluding hydrogens is 260 g/mol. The molecule has 1 fully saturated rings. The number of benzene rings is 1. The smallest absolute Gasteiger partial charge is 0.216 e. The Morgan fingerprint density at radius 2 is 1.84 bits per heavy atom. The maximum absolute atomic E-state index is 12.2. The van der Waals surface area contributed by atoms with Crippen molar-refractivity contribution in [2.45, 2.75) is 37.5 Å². The lowest BCUT2D eigenvalue weighted by Crippen LogP contribution is -2.44. The van der Waals surface area contributed by atoms with Crippen molar-refractivity contribution in [3.63, 3.8) is 0 Å². The zero-order chi connectivity index (χ0) is 13.7. The molecule has 4 nitrogen and oxygen atoms in total. The fourth-order valence-electron chi connectivity index (χ4n) is 2.76. The molecule has 0 bridgehead atoms. The van der Waals surface area contributed by atoms with Gasteiger partial charge in [-0.3, -0.25) is 0 Å². The van der Waals surface area contributed by atoms with E-state index in [0.717, 1.165) is 18.4 Å². The molecule has 1 saturated carbocycles. The summed E-state index contributed by atoms with van der Waals surface area (Å²) in [6, 6.07) is 9.12. The Balaban J connectivity index is 1.99. The summed E-state index contributed by atoms with van der Waals surface area (Å²) in [7, 11) is -3.31.